The summed E-state index contributed by atoms with van der Waals surface area (Å²) in [6.45, 7) is 0. The van der Waals surface area contributed by atoms with Crippen molar-refractivity contribution in [2.24, 2.45) is 23.7 Å². The molecule has 2 bridgehead atoms. The lowest BCUT2D eigenvalue weighted by Crippen LogP contribution is -2.36. The van der Waals surface area contributed by atoms with Crippen LogP contribution in [0.25, 0.3) is 0 Å². The van der Waals surface area contributed by atoms with Gasteiger partial charge in [-0.2, -0.15) is 0 Å². The number of aldehydes is 1. The van der Waals surface area contributed by atoms with Crippen LogP contribution in [0.1, 0.15) is 24.8 Å². The van der Waals surface area contributed by atoms with Gasteiger partial charge >= 0.3 is 0 Å². The van der Waals surface area contributed by atoms with Gasteiger partial charge in [0.05, 0.1) is 5.41 Å². The molecule has 3 aliphatic carbocycles. The highest BCUT2D eigenvalue weighted by Gasteiger charge is 2.70. The Morgan fingerprint density at radius 1 is 1.06 bits per heavy atom. The molecule has 0 aliphatic heterocycles. The second-order valence-corrected chi connectivity index (χ2v) is 5.77. The Kier molecular flexibility index (Phi) is 1.55. The molecule has 1 aromatic carbocycles. The first-order valence-electron chi connectivity index (χ1n) is 6.40. The molecule has 3 fully saturated rings. The minimum Gasteiger partial charge on any atom is -0.302 e. The predicted octanol–water partition coefficient (Wildman–Crippen LogP) is 2.80. The van der Waals surface area contributed by atoms with Crippen molar-refractivity contribution >= 4 is 6.29 Å². The number of rotatable bonds is 2. The van der Waals surface area contributed by atoms with Crippen molar-refractivity contribution in [2.75, 3.05) is 0 Å². The van der Waals surface area contributed by atoms with E-state index in [9.17, 15) is 4.79 Å². The maximum atomic E-state index is 11.8. The summed E-state index contributed by atoms with van der Waals surface area (Å²) in [7, 11) is 0. The Morgan fingerprint density at radius 2 is 1.69 bits per heavy atom. The quantitative estimate of drug-likeness (QED) is 0.689. The van der Waals surface area contributed by atoms with Gasteiger partial charge in [0.2, 0.25) is 0 Å². The van der Waals surface area contributed by atoms with Crippen molar-refractivity contribution in [1.29, 1.82) is 0 Å². The minimum atomic E-state index is -0.102. The lowest BCUT2D eigenvalue weighted by Gasteiger charge is -2.31. The van der Waals surface area contributed by atoms with Gasteiger partial charge in [0.25, 0.3) is 0 Å². The number of carbonyl (C=O) groups is 1. The molecule has 0 saturated heterocycles. The normalized spacial score (nSPS) is 47.8. The van der Waals surface area contributed by atoms with E-state index in [0.717, 1.165) is 11.8 Å². The van der Waals surface area contributed by atoms with E-state index in [1.165, 1.54) is 31.1 Å². The van der Waals surface area contributed by atoms with E-state index in [0.29, 0.717) is 11.8 Å². The molecule has 1 aromatic rings. The summed E-state index contributed by atoms with van der Waals surface area (Å²) in [4.78, 5) is 11.8. The molecule has 16 heavy (non-hydrogen) atoms. The SMILES string of the molecule is O=CC1(c2ccccc2)C2CCC1C1CC12. The van der Waals surface area contributed by atoms with Gasteiger partial charge in [-0.3, -0.25) is 0 Å². The zero-order valence-corrected chi connectivity index (χ0v) is 9.30. The summed E-state index contributed by atoms with van der Waals surface area (Å²) < 4.78 is 0. The van der Waals surface area contributed by atoms with Crippen molar-refractivity contribution in [1.82, 2.24) is 0 Å². The summed E-state index contributed by atoms with van der Waals surface area (Å²) in [6.07, 6.45) is 5.24. The largest absolute Gasteiger partial charge is 0.302 e. The van der Waals surface area contributed by atoms with E-state index in [4.69, 9.17) is 0 Å². The van der Waals surface area contributed by atoms with E-state index in [1.807, 2.05) is 6.07 Å². The predicted molar refractivity (Wildman–Crippen MR) is 62.0 cm³/mol. The van der Waals surface area contributed by atoms with Gasteiger partial charge in [-0.05, 0) is 48.5 Å². The van der Waals surface area contributed by atoms with Crippen LogP contribution in [-0.4, -0.2) is 6.29 Å². The van der Waals surface area contributed by atoms with Crippen LogP contribution < -0.4 is 0 Å². The number of benzene rings is 1. The first-order valence-corrected chi connectivity index (χ1v) is 6.40. The molecule has 3 aliphatic rings. The highest BCUT2D eigenvalue weighted by Crippen LogP contribution is 2.73. The van der Waals surface area contributed by atoms with Crippen LogP contribution in [-0.2, 0) is 10.2 Å². The second kappa shape index (κ2) is 2.77. The second-order valence-electron chi connectivity index (χ2n) is 5.77. The third-order valence-corrected chi connectivity index (χ3v) is 5.41. The van der Waals surface area contributed by atoms with Crippen LogP contribution in [0.5, 0.6) is 0 Å². The fourth-order valence-electron chi connectivity index (χ4n) is 4.81. The standard InChI is InChI=1S/C15H16O/c16-9-15(10-4-2-1-3-5-10)13-6-7-14(15)12-8-11(12)13/h1-5,9,11-14H,6-8H2. The van der Waals surface area contributed by atoms with Gasteiger partial charge < -0.3 is 4.79 Å². The highest BCUT2D eigenvalue weighted by molar-refractivity contribution is 5.72. The molecule has 0 amide bonds. The number of hydrogen-bond acceptors (Lipinski definition) is 1. The molecular formula is C15H16O. The van der Waals surface area contributed by atoms with E-state index in [-0.39, 0.29) is 5.41 Å². The van der Waals surface area contributed by atoms with Gasteiger partial charge in [-0.25, -0.2) is 0 Å². The van der Waals surface area contributed by atoms with E-state index >= 15 is 0 Å². The van der Waals surface area contributed by atoms with Crippen LogP contribution in [0, 0.1) is 23.7 Å². The van der Waals surface area contributed by atoms with Crippen molar-refractivity contribution in [3.8, 4) is 0 Å². The molecule has 4 rings (SSSR count). The molecular weight excluding hydrogens is 196 g/mol. The van der Waals surface area contributed by atoms with Gasteiger partial charge in [-0.15, -0.1) is 0 Å². The first kappa shape index (κ1) is 8.98. The molecule has 1 nitrogen and oxygen atoms in total. The number of fused-ring (bicyclic) bond motifs is 5. The Balaban J connectivity index is 1.88. The zero-order valence-electron chi connectivity index (χ0n) is 9.30. The third kappa shape index (κ3) is 0.829. The Bertz CT molecular complexity index is 420. The lowest BCUT2D eigenvalue weighted by molar-refractivity contribution is -0.114. The average Bonchev–Trinajstić information content (AvgIpc) is 3.02. The summed E-state index contributed by atoms with van der Waals surface area (Å²) in [6, 6.07) is 10.5. The van der Waals surface area contributed by atoms with Crippen LogP contribution in [0.2, 0.25) is 0 Å². The maximum Gasteiger partial charge on any atom is 0.131 e. The van der Waals surface area contributed by atoms with Gasteiger partial charge in [0.1, 0.15) is 6.29 Å². The fraction of sp³-hybridized carbons (Fsp3) is 0.533. The molecule has 0 heterocycles. The van der Waals surface area contributed by atoms with Crippen molar-refractivity contribution in [3.63, 3.8) is 0 Å². The molecule has 4 unspecified atom stereocenters. The number of hydrogen-bond donors (Lipinski definition) is 0. The molecule has 3 saturated carbocycles. The third-order valence-electron chi connectivity index (χ3n) is 5.41. The van der Waals surface area contributed by atoms with E-state index < -0.39 is 0 Å². The molecule has 1 heteroatoms. The molecule has 0 aromatic heterocycles. The van der Waals surface area contributed by atoms with Gasteiger partial charge in [0.15, 0.2) is 0 Å². The van der Waals surface area contributed by atoms with Crippen molar-refractivity contribution < 1.29 is 4.79 Å². The molecule has 0 N–H and O–H groups in total. The van der Waals surface area contributed by atoms with E-state index in [2.05, 4.69) is 24.3 Å². The Morgan fingerprint density at radius 3 is 2.25 bits per heavy atom. The lowest BCUT2D eigenvalue weighted by atomic mass is 9.70. The van der Waals surface area contributed by atoms with Crippen molar-refractivity contribution in [3.05, 3.63) is 35.9 Å². The van der Waals surface area contributed by atoms with Crippen LogP contribution >= 0.6 is 0 Å². The summed E-state index contributed by atoms with van der Waals surface area (Å²) in [5.41, 5.74) is 1.18. The molecule has 0 spiro atoms. The minimum absolute atomic E-state index is 0.102. The first-order chi connectivity index (χ1) is 7.88. The molecule has 82 valence electrons. The van der Waals surface area contributed by atoms with Crippen LogP contribution in [0.15, 0.2) is 30.3 Å². The summed E-state index contributed by atoms with van der Waals surface area (Å²) in [5.74, 6) is 3.07. The molecule has 0 radical (unpaired) electrons. The van der Waals surface area contributed by atoms with Crippen LogP contribution in [0.3, 0.4) is 0 Å². The zero-order chi connectivity index (χ0) is 10.8. The van der Waals surface area contributed by atoms with Crippen molar-refractivity contribution in [2.45, 2.75) is 24.7 Å². The smallest absolute Gasteiger partial charge is 0.131 e. The topological polar surface area (TPSA) is 17.1 Å². The maximum absolute atomic E-state index is 11.8. The van der Waals surface area contributed by atoms with E-state index in [1.54, 1.807) is 0 Å². The van der Waals surface area contributed by atoms with Gasteiger partial charge in [0, 0.05) is 0 Å². The molecule has 4 atom stereocenters. The Labute approximate surface area is 95.9 Å². The Hall–Kier alpha value is -1.11. The average molecular weight is 212 g/mol. The summed E-state index contributed by atoms with van der Waals surface area (Å²) >= 11 is 0. The number of carbonyl (C=O) groups excluding carboxylic acids is 1. The summed E-state index contributed by atoms with van der Waals surface area (Å²) in [5, 5.41) is 0. The monoisotopic (exact) mass is 212 g/mol. The highest BCUT2D eigenvalue weighted by atomic mass is 16.1. The fourth-order valence-corrected chi connectivity index (χ4v) is 4.81. The van der Waals surface area contributed by atoms with Gasteiger partial charge in [-0.1, -0.05) is 30.3 Å². The van der Waals surface area contributed by atoms with Crippen LogP contribution in [0.4, 0.5) is 0 Å².